The third-order valence-electron chi connectivity index (χ3n) is 0.325. The van der Waals surface area contributed by atoms with Gasteiger partial charge in [-0.3, -0.25) is 0 Å². The summed E-state index contributed by atoms with van der Waals surface area (Å²) in [5.74, 6) is 0. The molecule has 0 aromatic carbocycles. The second-order valence-electron chi connectivity index (χ2n) is 0.779. The van der Waals surface area contributed by atoms with Gasteiger partial charge in [-0.1, -0.05) is 0 Å². The van der Waals surface area contributed by atoms with Gasteiger partial charge in [0.1, 0.15) is 10.5 Å². The summed E-state index contributed by atoms with van der Waals surface area (Å²) in [4.78, 5) is 0. The first kappa shape index (κ1) is 5.68. The first-order chi connectivity index (χ1) is 2.27. The average molecular weight is 127 g/mol. The van der Waals surface area contributed by atoms with E-state index in [0.717, 1.165) is 10.5 Å². The minimum absolute atomic E-state index is 0.803. The SMILES string of the molecule is C[SiH](Cl)O[SiH3]. The summed E-state index contributed by atoms with van der Waals surface area (Å²) in [5, 5.41) is 0. The number of hydrogen-bond acceptors (Lipinski definition) is 1. The van der Waals surface area contributed by atoms with Gasteiger partial charge in [-0.25, -0.2) is 0 Å². The van der Waals surface area contributed by atoms with Gasteiger partial charge in [0.15, 0.2) is 0 Å². The Kier molecular flexibility index (Phi) is 3.29. The molecule has 0 bridgehead atoms. The van der Waals surface area contributed by atoms with Gasteiger partial charge >= 0.3 is 0 Å². The van der Waals surface area contributed by atoms with Crippen molar-refractivity contribution in [3.05, 3.63) is 0 Å². The Bertz CT molecular complexity index is 23.6. The zero-order valence-electron chi connectivity index (χ0n) is 3.36. The highest BCUT2D eigenvalue weighted by atomic mass is 35.6. The molecule has 1 nitrogen and oxygen atoms in total. The zero-order valence-corrected chi connectivity index (χ0v) is 7.27. The molecule has 0 amide bonds. The third-order valence-corrected chi connectivity index (χ3v) is 4.53. The topological polar surface area (TPSA) is 9.23 Å². The van der Waals surface area contributed by atoms with Crippen molar-refractivity contribution in [2.45, 2.75) is 6.55 Å². The van der Waals surface area contributed by atoms with Crippen molar-refractivity contribution in [2.75, 3.05) is 0 Å². The van der Waals surface area contributed by atoms with E-state index in [-0.39, 0.29) is 0 Å². The monoisotopic (exact) mass is 126 g/mol. The van der Waals surface area contributed by atoms with Crippen molar-refractivity contribution in [3.63, 3.8) is 0 Å². The molecule has 5 heavy (non-hydrogen) atoms. The normalized spacial score (nSPS) is 15.6. The lowest BCUT2D eigenvalue weighted by Gasteiger charge is -1.90. The van der Waals surface area contributed by atoms with Crippen LogP contribution < -0.4 is 0 Å². The molecule has 0 radical (unpaired) electrons. The van der Waals surface area contributed by atoms with E-state index >= 15 is 0 Å². The van der Waals surface area contributed by atoms with Crippen LogP contribution in [0.1, 0.15) is 0 Å². The van der Waals surface area contributed by atoms with Crippen LogP contribution in [-0.2, 0) is 4.12 Å². The van der Waals surface area contributed by atoms with Gasteiger partial charge in [-0.15, -0.1) is 11.1 Å². The number of rotatable bonds is 1. The Morgan fingerprint density at radius 1 is 2.00 bits per heavy atom. The molecule has 0 aliphatic carbocycles. The predicted molar refractivity (Wildman–Crippen MR) is 29.9 cm³/mol. The van der Waals surface area contributed by atoms with Crippen molar-refractivity contribution < 1.29 is 4.12 Å². The van der Waals surface area contributed by atoms with Crippen LogP contribution >= 0.6 is 11.1 Å². The highest BCUT2D eigenvalue weighted by Gasteiger charge is 1.86. The van der Waals surface area contributed by atoms with Gasteiger partial charge in [-0.05, 0) is 6.55 Å². The van der Waals surface area contributed by atoms with Crippen molar-refractivity contribution in [1.29, 1.82) is 0 Å². The van der Waals surface area contributed by atoms with E-state index in [0.29, 0.717) is 0 Å². The number of halogens is 1. The van der Waals surface area contributed by atoms with Crippen molar-refractivity contribution in [2.24, 2.45) is 0 Å². The highest BCUT2D eigenvalue weighted by molar-refractivity contribution is 7.03. The quantitative estimate of drug-likeness (QED) is 0.336. The molecule has 0 aromatic heterocycles. The maximum atomic E-state index is 5.41. The molecular weight excluding hydrogens is 120 g/mol. The van der Waals surface area contributed by atoms with Crippen LogP contribution in [0, 0.1) is 0 Å². The molecular formula is CH7ClOSi2. The summed E-state index contributed by atoms with van der Waals surface area (Å²) in [5.41, 5.74) is 0. The second kappa shape index (κ2) is 2.90. The molecule has 0 rings (SSSR count). The largest absolute Gasteiger partial charge is 0.455 e. The molecule has 0 saturated carbocycles. The Morgan fingerprint density at radius 3 is 2.20 bits per heavy atom. The standard InChI is InChI=1S/CH7ClOSi2/c1-5(2)3-4/h5H,1,4H3. The first-order valence-corrected chi connectivity index (χ1v) is 5.63. The molecule has 0 fully saturated rings. The van der Waals surface area contributed by atoms with Crippen LogP contribution in [0.5, 0.6) is 0 Å². The fourth-order valence-corrected chi connectivity index (χ4v) is 0. The van der Waals surface area contributed by atoms with Crippen LogP contribution in [0.25, 0.3) is 0 Å². The third kappa shape index (κ3) is 4.68. The van der Waals surface area contributed by atoms with Gasteiger partial charge in [0.2, 0.25) is 0 Å². The Morgan fingerprint density at radius 2 is 2.20 bits per heavy atom. The fraction of sp³-hybridized carbons (Fsp3) is 1.00. The second-order valence-corrected chi connectivity index (χ2v) is 5.59. The average Bonchev–Trinajstić information content (AvgIpc) is 1.38. The summed E-state index contributed by atoms with van der Waals surface area (Å²) in [6.07, 6.45) is 0. The van der Waals surface area contributed by atoms with Crippen molar-refractivity contribution in [3.8, 4) is 0 Å². The Balaban J connectivity index is 2.54. The maximum Gasteiger partial charge on any atom is 0.260 e. The van der Waals surface area contributed by atoms with E-state index in [9.17, 15) is 0 Å². The van der Waals surface area contributed by atoms with Crippen molar-refractivity contribution in [1.82, 2.24) is 0 Å². The van der Waals surface area contributed by atoms with Crippen LogP contribution in [0.15, 0.2) is 0 Å². The highest BCUT2D eigenvalue weighted by Crippen LogP contribution is 1.82. The Labute approximate surface area is 41.3 Å². The van der Waals surface area contributed by atoms with Gasteiger partial charge in [0, 0.05) is 0 Å². The lowest BCUT2D eigenvalue weighted by molar-refractivity contribution is 0.662. The summed E-state index contributed by atoms with van der Waals surface area (Å²) >= 11 is 5.41. The van der Waals surface area contributed by atoms with Gasteiger partial charge in [0.05, 0.1) is 0 Å². The van der Waals surface area contributed by atoms with Gasteiger partial charge < -0.3 is 4.12 Å². The van der Waals surface area contributed by atoms with E-state index in [1.807, 2.05) is 6.55 Å². The van der Waals surface area contributed by atoms with Crippen molar-refractivity contribution >= 4 is 29.9 Å². The van der Waals surface area contributed by atoms with Crippen LogP contribution in [0.2, 0.25) is 6.55 Å². The van der Waals surface area contributed by atoms with E-state index < -0.39 is 8.35 Å². The molecule has 0 heterocycles. The van der Waals surface area contributed by atoms with E-state index in [2.05, 4.69) is 0 Å². The number of hydrogen-bond donors (Lipinski definition) is 0. The Hall–Kier alpha value is 0.684. The van der Waals surface area contributed by atoms with E-state index in [1.165, 1.54) is 0 Å². The molecule has 4 heteroatoms. The minimum atomic E-state index is -1.12. The minimum Gasteiger partial charge on any atom is -0.455 e. The lowest BCUT2D eigenvalue weighted by atomic mass is 11.9. The lowest BCUT2D eigenvalue weighted by Crippen LogP contribution is -1.98. The molecule has 0 spiro atoms. The smallest absolute Gasteiger partial charge is 0.260 e. The van der Waals surface area contributed by atoms with Crippen LogP contribution in [0.4, 0.5) is 0 Å². The van der Waals surface area contributed by atoms with Gasteiger partial charge in [0.25, 0.3) is 8.35 Å². The zero-order chi connectivity index (χ0) is 4.28. The van der Waals surface area contributed by atoms with Crippen LogP contribution in [0.3, 0.4) is 0 Å². The summed E-state index contributed by atoms with van der Waals surface area (Å²) < 4.78 is 4.79. The molecule has 0 aromatic rings. The summed E-state index contributed by atoms with van der Waals surface area (Å²) in [6.45, 7) is 1.94. The molecule has 0 aliphatic heterocycles. The van der Waals surface area contributed by atoms with E-state index in [4.69, 9.17) is 15.2 Å². The maximum absolute atomic E-state index is 5.41. The van der Waals surface area contributed by atoms with Gasteiger partial charge in [-0.2, -0.15) is 0 Å². The molecule has 32 valence electrons. The fourth-order valence-electron chi connectivity index (χ4n) is 0. The van der Waals surface area contributed by atoms with E-state index in [1.54, 1.807) is 0 Å². The first-order valence-electron chi connectivity index (χ1n) is 1.44. The molecule has 1 unspecified atom stereocenters. The molecule has 0 saturated heterocycles. The summed E-state index contributed by atoms with van der Waals surface area (Å²) in [6, 6.07) is 0. The molecule has 0 N–H and O–H groups in total. The molecule has 0 aliphatic rings. The predicted octanol–water partition coefficient (Wildman–Crippen LogP) is -0.628. The van der Waals surface area contributed by atoms with Crippen LogP contribution in [-0.4, -0.2) is 18.8 Å². The summed E-state index contributed by atoms with van der Waals surface area (Å²) in [7, 11) is -0.313. The molecule has 1 atom stereocenters.